The zero-order chi connectivity index (χ0) is 20.6. The third kappa shape index (κ3) is 5.83. The molecule has 1 heterocycles. The lowest BCUT2D eigenvalue weighted by atomic mass is 9.93. The van der Waals surface area contributed by atoms with Crippen LogP contribution in [0.5, 0.6) is 0 Å². The van der Waals surface area contributed by atoms with Gasteiger partial charge in [0.1, 0.15) is 0 Å². The Balaban J connectivity index is 1.36. The van der Waals surface area contributed by atoms with Crippen molar-refractivity contribution in [3.8, 4) is 0 Å². The molecule has 160 valence electrons. The molecule has 1 amide bonds. The number of rotatable bonds is 7. The van der Waals surface area contributed by atoms with Crippen molar-refractivity contribution in [2.24, 2.45) is 0 Å². The highest BCUT2D eigenvalue weighted by molar-refractivity contribution is 5.92. The van der Waals surface area contributed by atoms with Crippen LogP contribution in [0.4, 0.5) is 11.4 Å². The maximum Gasteiger partial charge on any atom is 0.238 e. The van der Waals surface area contributed by atoms with Crippen LogP contribution in [0.3, 0.4) is 0 Å². The number of hydrogen-bond donors (Lipinski definition) is 1. The summed E-state index contributed by atoms with van der Waals surface area (Å²) in [6.07, 6.45) is 6.22. The molecule has 0 atom stereocenters. The number of carbonyl (C=O) groups is 1. The summed E-state index contributed by atoms with van der Waals surface area (Å²) in [7, 11) is 0. The maximum absolute atomic E-state index is 12.9. The molecule has 2 fully saturated rings. The van der Waals surface area contributed by atoms with Crippen LogP contribution < -0.4 is 10.2 Å². The van der Waals surface area contributed by atoms with Crippen molar-refractivity contribution in [1.82, 2.24) is 4.90 Å². The zero-order valence-electron chi connectivity index (χ0n) is 17.8. The number of benzene rings is 2. The highest BCUT2D eigenvalue weighted by Gasteiger charge is 2.23. The van der Waals surface area contributed by atoms with E-state index in [0.29, 0.717) is 12.6 Å². The van der Waals surface area contributed by atoms with Gasteiger partial charge in [0.2, 0.25) is 5.91 Å². The molecule has 0 radical (unpaired) electrons. The Morgan fingerprint density at radius 3 is 2.37 bits per heavy atom. The van der Waals surface area contributed by atoms with E-state index < -0.39 is 0 Å². The Morgan fingerprint density at radius 2 is 1.67 bits per heavy atom. The molecule has 1 aliphatic heterocycles. The maximum atomic E-state index is 12.9. The normalized spacial score (nSPS) is 17.8. The Morgan fingerprint density at radius 1 is 0.967 bits per heavy atom. The molecule has 2 aromatic rings. The highest BCUT2D eigenvalue weighted by atomic mass is 16.5. The van der Waals surface area contributed by atoms with E-state index in [2.05, 4.69) is 51.5 Å². The monoisotopic (exact) mass is 407 g/mol. The van der Waals surface area contributed by atoms with Crippen LogP contribution in [0.2, 0.25) is 0 Å². The molecule has 1 N–H and O–H groups in total. The lowest BCUT2D eigenvalue weighted by Crippen LogP contribution is -2.41. The summed E-state index contributed by atoms with van der Waals surface area (Å²) in [6.45, 7) is 4.65. The zero-order valence-corrected chi connectivity index (χ0v) is 17.8. The molecule has 0 bridgehead atoms. The molecular formula is C25H33N3O2. The largest absolute Gasteiger partial charge is 0.378 e. The first-order valence-corrected chi connectivity index (χ1v) is 11.3. The van der Waals surface area contributed by atoms with Crippen molar-refractivity contribution < 1.29 is 9.53 Å². The third-order valence-electron chi connectivity index (χ3n) is 6.19. The molecule has 1 aliphatic carbocycles. The van der Waals surface area contributed by atoms with Gasteiger partial charge in [0.25, 0.3) is 0 Å². The second kappa shape index (κ2) is 10.6. The van der Waals surface area contributed by atoms with E-state index in [1.807, 2.05) is 18.2 Å². The third-order valence-corrected chi connectivity index (χ3v) is 6.19. The van der Waals surface area contributed by atoms with Gasteiger partial charge in [-0.25, -0.2) is 0 Å². The summed E-state index contributed by atoms with van der Waals surface area (Å²) >= 11 is 0. The summed E-state index contributed by atoms with van der Waals surface area (Å²) in [5, 5.41) is 3.10. The van der Waals surface area contributed by atoms with E-state index in [9.17, 15) is 4.79 Å². The fraction of sp³-hybridized carbons (Fsp3) is 0.480. The van der Waals surface area contributed by atoms with Crippen molar-refractivity contribution in [3.63, 3.8) is 0 Å². The second-order valence-corrected chi connectivity index (χ2v) is 8.38. The van der Waals surface area contributed by atoms with Gasteiger partial charge in [0.15, 0.2) is 0 Å². The summed E-state index contributed by atoms with van der Waals surface area (Å²) in [6, 6.07) is 19.2. The van der Waals surface area contributed by atoms with Crippen molar-refractivity contribution in [1.29, 1.82) is 0 Å². The lowest BCUT2D eigenvalue weighted by Gasteiger charge is -2.34. The number of ether oxygens (including phenoxy) is 1. The molecule has 1 saturated carbocycles. The van der Waals surface area contributed by atoms with Crippen molar-refractivity contribution in [3.05, 3.63) is 60.2 Å². The molecule has 2 aliphatic rings. The Labute approximate surface area is 180 Å². The van der Waals surface area contributed by atoms with Gasteiger partial charge in [0, 0.05) is 37.1 Å². The van der Waals surface area contributed by atoms with E-state index in [1.165, 1.54) is 43.4 Å². The minimum Gasteiger partial charge on any atom is -0.378 e. The molecule has 1 saturated heterocycles. The Hall–Kier alpha value is -2.37. The smallest absolute Gasteiger partial charge is 0.238 e. The van der Waals surface area contributed by atoms with Crippen LogP contribution >= 0.6 is 0 Å². The van der Waals surface area contributed by atoms with Crippen LogP contribution in [0.1, 0.15) is 37.7 Å². The van der Waals surface area contributed by atoms with Crippen LogP contribution in [0.15, 0.2) is 54.6 Å². The average Bonchev–Trinajstić information content (AvgIpc) is 2.81. The van der Waals surface area contributed by atoms with Gasteiger partial charge in [-0.2, -0.15) is 0 Å². The number of hydrogen-bond acceptors (Lipinski definition) is 4. The molecular weight excluding hydrogens is 374 g/mol. The van der Waals surface area contributed by atoms with Crippen LogP contribution in [0, 0.1) is 0 Å². The summed E-state index contributed by atoms with van der Waals surface area (Å²) in [5.41, 5.74) is 3.32. The minimum atomic E-state index is 0.0654. The van der Waals surface area contributed by atoms with E-state index in [-0.39, 0.29) is 5.91 Å². The van der Waals surface area contributed by atoms with Gasteiger partial charge >= 0.3 is 0 Å². The van der Waals surface area contributed by atoms with E-state index in [4.69, 9.17) is 4.74 Å². The summed E-state index contributed by atoms with van der Waals surface area (Å²) in [4.78, 5) is 17.5. The second-order valence-electron chi connectivity index (χ2n) is 8.38. The van der Waals surface area contributed by atoms with Gasteiger partial charge in [-0.3, -0.25) is 9.69 Å². The molecule has 2 aromatic carbocycles. The molecule has 0 spiro atoms. The fourth-order valence-corrected chi connectivity index (χ4v) is 4.54. The number of anilines is 2. The number of nitrogens with zero attached hydrogens (tertiary/aromatic N) is 2. The van der Waals surface area contributed by atoms with Crippen LogP contribution in [-0.4, -0.2) is 49.7 Å². The number of nitrogens with one attached hydrogen (secondary N) is 1. The van der Waals surface area contributed by atoms with Gasteiger partial charge in [-0.05, 0) is 42.7 Å². The first-order chi connectivity index (χ1) is 14.8. The first kappa shape index (κ1) is 20.9. The predicted molar refractivity (Wildman–Crippen MR) is 122 cm³/mol. The van der Waals surface area contributed by atoms with Crippen molar-refractivity contribution in [2.75, 3.05) is 43.1 Å². The van der Waals surface area contributed by atoms with Crippen molar-refractivity contribution >= 4 is 17.3 Å². The number of carbonyl (C=O) groups excluding carboxylic acids is 1. The summed E-state index contributed by atoms with van der Waals surface area (Å²) in [5.74, 6) is 0.0654. The number of morpholine rings is 1. The van der Waals surface area contributed by atoms with Gasteiger partial charge in [-0.1, -0.05) is 49.6 Å². The first-order valence-electron chi connectivity index (χ1n) is 11.3. The predicted octanol–water partition coefficient (Wildman–Crippen LogP) is 4.30. The topological polar surface area (TPSA) is 44.8 Å². The van der Waals surface area contributed by atoms with Gasteiger partial charge in [-0.15, -0.1) is 0 Å². The van der Waals surface area contributed by atoms with E-state index in [1.54, 1.807) is 0 Å². The highest BCUT2D eigenvalue weighted by Crippen LogP contribution is 2.24. The number of amides is 1. The quantitative estimate of drug-likeness (QED) is 0.743. The van der Waals surface area contributed by atoms with E-state index in [0.717, 1.165) is 38.5 Å². The SMILES string of the molecule is O=C(CN(Cc1ccccc1)C1CCCCC1)Nc1ccc(N2CCOCC2)cc1. The molecule has 4 rings (SSSR count). The Kier molecular flexibility index (Phi) is 7.38. The van der Waals surface area contributed by atoms with Crippen molar-refractivity contribution in [2.45, 2.75) is 44.7 Å². The average molecular weight is 408 g/mol. The van der Waals surface area contributed by atoms with Crippen LogP contribution in [-0.2, 0) is 16.1 Å². The van der Waals surface area contributed by atoms with Gasteiger partial charge < -0.3 is 15.0 Å². The van der Waals surface area contributed by atoms with Gasteiger partial charge in [0.05, 0.1) is 19.8 Å². The molecule has 30 heavy (non-hydrogen) atoms. The standard InChI is InChI=1S/C25H33N3O2/c29-25(26-22-11-13-24(14-12-22)27-15-17-30-18-16-27)20-28(23-9-5-2-6-10-23)19-21-7-3-1-4-8-21/h1,3-4,7-8,11-14,23H,2,5-6,9-10,15-20H2,(H,26,29). The van der Waals surface area contributed by atoms with E-state index >= 15 is 0 Å². The summed E-state index contributed by atoms with van der Waals surface area (Å²) < 4.78 is 5.42. The molecule has 5 heteroatoms. The molecule has 5 nitrogen and oxygen atoms in total. The fourth-order valence-electron chi connectivity index (χ4n) is 4.54. The minimum absolute atomic E-state index is 0.0654. The molecule has 0 aromatic heterocycles. The lowest BCUT2D eigenvalue weighted by molar-refractivity contribution is -0.118. The van der Waals surface area contributed by atoms with Crippen LogP contribution in [0.25, 0.3) is 0 Å². The molecule has 0 unspecified atom stereocenters. The Bertz CT molecular complexity index is 782.